The first-order chi connectivity index (χ1) is 32.3. The van der Waals surface area contributed by atoms with Crippen molar-refractivity contribution in [1.82, 2.24) is 20.6 Å². The number of hydrogen-bond donors (Lipinski definition) is 3. The number of carbonyl (C=O) groups is 2. The number of amides is 2. The van der Waals surface area contributed by atoms with E-state index < -0.39 is 40.3 Å². The van der Waals surface area contributed by atoms with Gasteiger partial charge in [0, 0.05) is 41.4 Å². The van der Waals surface area contributed by atoms with Crippen LogP contribution >= 0.6 is 11.8 Å². The van der Waals surface area contributed by atoms with Crippen LogP contribution in [0.4, 0.5) is 16.3 Å². The van der Waals surface area contributed by atoms with Crippen molar-refractivity contribution in [3.63, 3.8) is 0 Å². The average Bonchev–Trinajstić information content (AvgIpc) is 3.27. The number of nitriles is 1. The molecule has 0 saturated heterocycles. The molecule has 0 fully saturated rings. The van der Waals surface area contributed by atoms with Gasteiger partial charge in [0.1, 0.15) is 40.6 Å². The van der Waals surface area contributed by atoms with Gasteiger partial charge in [0.15, 0.2) is 5.16 Å². The lowest BCUT2D eigenvalue weighted by Crippen LogP contribution is -2.50. The number of aromatic nitrogens is 2. The van der Waals surface area contributed by atoms with Crippen LogP contribution in [-0.4, -0.2) is 63.3 Å². The Balaban J connectivity index is 1.40. The van der Waals surface area contributed by atoms with E-state index in [2.05, 4.69) is 99.8 Å². The number of hydrogen-bond acceptors (Lipinski definition) is 11. The van der Waals surface area contributed by atoms with Gasteiger partial charge >= 0.3 is 6.09 Å². The highest BCUT2D eigenvalue weighted by Gasteiger charge is 2.42. The van der Waals surface area contributed by atoms with Crippen molar-refractivity contribution in [2.24, 2.45) is 5.11 Å². The number of azide groups is 1. The third-order valence-corrected chi connectivity index (χ3v) is 21.8. The molecular weight excluding hydrogens is 919 g/mol. The SMILES string of the molecule is CC(C)(C)OC(=O)NC(Cc1ccc(O[Si](C)(C)C(C)(C)C)c(O[Si](C)(C)C(C)(C)C)c1)C(=O)NCCNc1nc(SCc2ccc(N=[N+]=[N-])cc2)nc(-c2ccc(-c3ccccc3)cc2)c1C#N. The molecule has 5 aromatic rings. The van der Waals surface area contributed by atoms with Gasteiger partial charge in [-0.15, -0.1) is 0 Å². The number of ether oxygens (including phenoxy) is 1. The van der Waals surface area contributed by atoms with Crippen LogP contribution in [0.25, 0.3) is 32.8 Å². The van der Waals surface area contributed by atoms with Crippen molar-refractivity contribution in [3.05, 3.63) is 124 Å². The number of nitrogens with zero attached hydrogens (tertiary/aromatic N) is 6. The second-order valence-corrected chi connectivity index (χ2v) is 31.3. The molecule has 5 rings (SSSR count). The summed E-state index contributed by atoms with van der Waals surface area (Å²) >= 11 is 1.39. The van der Waals surface area contributed by atoms with Crippen LogP contribution in [0.2, 0.25) is 36.3 Å². The van der Waals surface area contributed by atoms with Crippen molar-refractivity contribution < 1.29 is 23.2 Å². The Kier molecular flexibility index (Phi) is 17.4. The van der Waals surface area contributed by atoms with E-state index in [4.69, 9.17) is 29.1 Å². The first kappa shape index (κ1) is 53.6. The molecule has 364 valence electrons. The predicted octanol–water partition coefficient (Wildman–Crippen LogP) is 13.3. The van der Waals surface area contributed by atoms with Crippen molar-refractivity contribution in [3.8, 4) is 40.0 Å². The number of thioether (sulfide) groups is 1. The van der Waals surface area contributed by atoms with Crippen LogP contribution in [0.15, 0.2) is 107 Å². The predicted molar refractivity (Wildman–Crippen MR) is 283 cm³/mol. The fourth-order valence-electron chi connectivity index (χ4n) is 6.34. The average molecular weight is 986 g/mol. The third kappa shape index (κ3) is 15.1. The zero-order valence-electron chi connectivity index (χ0n) is 42.3. The van der Waals surface area contributed by atoms with E-state index in [1.807, 2.05) is 84.9 Å². The molecule has 0 spiro atoms. The number of nitrogens with one attached hydrogen (secondary N) is 3. The number of anilines is 1. The summed E-state index contributed by atoms with van der Waals surface area (Å²) in [6.07, 6.45) is -0.588. The van der Waals surface area contributed by atoms with E-state index in [-0.39, 0.29) is 35.2 Å². The molecule has 0 aliphatic rings. The molecule has 1 aromatic heterocycles. The minimum atomic E-state index is -2.34. The van der Waals surface area contributed by atoms with E-state index in [1.54, 1.807) is 32.9 Å². The quantitative estimate of drug-likeness (QED) is 0.0144. The topological polar surface area (TPSA) is 196 Å². The Morgan fingerprint density at radius 1 is 0.768 bits per heavy atom. The number of carbonyl (C=O) groups excluding carboxylic acids is 2. The largest absolute Gasteiger partial charge is 0.541 e. The van der Waals surface area contributed by atoms with E-state index in [9.17, 15) is 14.9 Å². The lowest BCUT2D eigenvalue weighted by Gasteiger charge is -2.39. The van der Waals surface area contributed by atoms with E-state index in [0.29, 0.717) is 39.6 Å². The summed E-state index contributed by atoms with van der Waals surface area (Å²) in [4.78, 5) is 39.9. The first-order valence-corrected chi connectivity index (χ1v) is 29.9. The van der Waals surface area contributed by atoms with Crippen LogP contribution in [-0.2, 0) is 21.7 Å². The highest BCUT2D eigenvalue weighted by molar-refractivity contribution is 7.98. The van der Waals surface area contributed by atoms with Gasteiger partial charge in [-0.3, -0.25) is 4.79 Å². The Labute approximate surface area is 414 Å². The molecule has 0 saturated carbocycles. The zero-order valence-corrected chi connectivity index (χ0v) is 45.1. The van der Waals surface area contributed by atoms with Gasteiger partial charge in [-0.05, 0) is 97.0 Å². The summed E-state index contributed by atoms with van der Waals surface area (Å²) in [6.45, 7) is 27.5. The maximum atomic E-state index is 14.1. The maximum absolute atomic E-state index is 14.1. The van der Waals surface area contributed by atoms with Gasteiger partial charge < -0.3 is 29.5 Å². The molecule has 0 aliphatic heterocycles. The minimum absolute atomic E-state index is 0.0540. The molecule has 69 heavy (non-hydrogen) atoms. The van der Waals surface area contributed by atoms with Crippen molar-refractivity contribution in [2.75, 3.05) is 18.4 Å². The van der Waals surface area contributed by atoms with Crippen molar-refractivity contribution in [1.29, 1.82) is 5.26 Å². The normalized spacial score (nSPS) is 12.5. The Hall–Kier alpha value is -6.32. The van der Waals surface area contributed by atoms with Gasteiger partial charge in [-0.2, -0.15) is 5.26 Å². The van der Waals surface area contributed by atoms with E-state index in [1.165, 1.54) is 11.8 Å². The summed E-state index contributed by atoms with van der Waals surface area (Å²) in [5.41, 5.74) is 13.8. The lowest BCUT2D eigenvalue weighted by atomic mass is 10.0. The zero-order chi connectivity index (χ0) is 50.8. The molecular formula is C52H67N9O5SSi2. The maximum Gasteiger partial charge on any atom is 0.408 e. The van der Waals surface area contributed by atoms with Gasteiger partial charge in [0.05, 0.1) is 5.69 Å². The second-order valence-electron chi connectivity index (χ2n) is 20.9. The Morgan fingerprint density at radius 2 is 1.35 bits per heavy atom. The van der Waals surface area contributed by atoms with Gasteiger partial charge in [-0.25, -0.2) is 14.8 Å². The van der Waals surface area contributed by atoms with Crippen LogP contribution < -0.4 is 24.8 Å². The van der Waals surface area contributed by atoms with Gasteiger partial charge in [0.2, 0.25) is 5.91 Å². The molecule has 4 aromatic carbocycles. The van der Waals surface area contributed by atoms with E-state index >= 15 is 0 Å². The molecule has 3 N–H and O–H groups in total. The molecule has 1 atom stereocenters. The third-order valence-electron chi connectivity index (χ3n) is 12.2. The van der Waals surface area contributed by atoms with Gasteiger partial charge in [-0.1, -0.05) is 143 Å². The van der Waals surface area contributed by atoms with Crippen molar-refractivity contribution >= 4 is 51.9 Å². The number of rotatable bonds is 18. The summed E-state index contributed by atoms with van der Waals surface area (Å²) in [7, 11) is -4.61. The summed E-state index contributed by atoms with van der Waals surface area (Å²) in [6, 6.07) is 32.2. The monoisotopic (exact) mass is 985 g/mol. The van der Waals surface area contributed by atoms with Crippen LogP contribution in [0.3, 0.4) is 0 Å². The Morgan fingerprint density at radius 3 is 1.93 bits per heavy atom. The van der Waals surface area contributed by atoms with E-state index in [0.717, 1.165) is 27.8 Å². The lowest BCUT2D eigenvalue weighted by molar-refractivity contribution is -0.123. The standard InChI is InChI=1S/C52H67N9O5SSi2/c1-50(2,3)64-49(63)57-42(31-36-21-28-43(65-68(10,11)51(4,5)6)44(32-36)66-69(12,13)52(7,8)9)47(62)56-30-29-55-46-41(33-53)45(39-24-22-38(23-25-39)37-17-15-14-16-18-37)58-48(59-46)67-34-35-19-26-40(27-20-35)60-61-54/h14-28,32,42H,29-31,34H2,1-13H3,(H,56,62)(H,57,63)(H,55,58,59). The molecule has 0 bridgehead atoms. The minimum Gasteiger partial charge on any atom is -0.541 e. The number of benzene rings is 4. The molecule has 0 aliphatic carbocycles. The first-order valence-electron chi connectivity index (χ1n) is 23.1. The molecule has 1 unspecified atom stereocenters. The number of alkyl carbamates (subject to hydrolysis) is 1. The fraction of sp³-hybridized carbons (Fsp3) is 0.404. The molecule has 1 heterocycles. The highest BCUT2D eigenvalue weighted by atomic mass is 32.2. The molecule has 2 amide bonds. The Bertz CT molecular complexity index is 2670. The smallest absolute Gasteiger partial charge is 0.408 e. The molecule has 17 heteroatoms. The van der Waals surface area contributed by atoms with Crippen molar-refractivity contribution in [2.45, 2.75) is 128 Å². The molecule has 0 radical (unpaired) electrons. The summed E-state index contributed by atoms with van der Waals surface area (Å²) in [5, 5.41) is 23.6. The fourth-order valence-corrected chi connectivity index (χ4v) is 9.18. The summed E-state index contributed by atoms with van der Waals surface area (Å²) in [5.74, 6) is 1.67. The van der Waals surface area contributed by atoms with Crippen LogP contribution in [0.5, 0.6) is 11.5 Å². The summed E-state index contributed by atoms with van der Waals surface area (Å²) < 4.78 is 19.3. The van der Waals surface area contributed by atoms with Gasteiger partial charge in [0.25, 0.3) is 16.6 Å². The molecule has 14 nitrogen and oxygen atoms in total. The van der Waals surface area contributed by atoms with Crippen LogP contribution in [0.1, 0.15) is 79.0 Å². The van der Waals surface area contributed by atoms with Crippen LogP contribution in [0, 0.1) is 11.3 Å². The highest BCUT2D eigenvalue weighted by Crippen LogP contribution is 2.44. The second kappa shape index (κ2) is 22.4.